The van der Waals surface area contributed by atoms with Crippen LogP contribution in [0.3, 0.4) is 0 Å². The van der Waals surface area contributed by atoms with E-state index in [9.17, 15) is 19.0 Å². The molecule has 466 valence electrons. The Labute approximate surface area is 503 Å². The molecule has 0 aliphatic heterocycles. The second-order valence-corrected chi connectivity index (χ2v) is 23.8. The predicted molar refractivity (Wildman–Crippen MR) is 353 cm³/mol. The minimum atomic E-state index is -4.40. The highest BCUT2D eigenvalue weighted by atomic mass is 31.2. The number of ether oxygens (including phenoxy) is 2. The Morgan fingerprint density at radius 3 is 0.976 bits per heavy atom. The highest BCUT2D eigenvalue weighted by Crippen LogP contribution is 2.43. The molecular formula is C72H121NO8P+. The van der Waals surface area contributed by atoms with E-state index in [1.807, 2.05) is 21.1 Å². The zero-order chi connectivity index (χ0) is 59.8. The molecule has 0 fully saturated rings. The van der Waals surface area contributed by atoms with Crippen LogP contribution in [0.2, 0.25) is 0 Å². The van der Waals surface area contributed by atoms with Gasteiger partial charge in [-0.05, 0) is 116 Å². The van der Waals surface area contributed by atoms with E-state index in [0.717, 1.165) is 128 Å². The van der Waals surface area contributed by atoms with Gasteiger partial charge in [-0.3, -0.25) is 18.6 Å². The van der Waals surface area contributed by atoms with Crippen LogP contribution < -0.4 is 0 Å². The molecule has 0 saturated carbocycles. The van der Waals surface area contributed by atoms with Gasteiger partial charge in [-0.15, -0.1) is 0 Å². The monoisotopic (exact) mass is 1160 g/mol. The second-order valence-electron chi connectivity index (χ2n) is 22.4. The van der Waals surface area contributed by atoms with E-state index in [1.165, 1.54) is 83.5 Å². The van der Waals surface area contributed by atoms with Gasteiger partial charge in [0.05, 0.1) is 27.7 Å². The van der Waals surface area contributed by atoms with E-state index in [0.29, 0.717) is 17.4 Å². The number of rotatable bonds is 58. The predicted octanol–water partition coefficient (Wildman–Crippen LogP) is 21.0. The Morgan fingerprint density at radius 2 is 0.659 bits per heavy atom. The molecule has 0 saturated heterocycles. The van der Waals surface area contributed by atoms with Gasteiger partial charge in [-0.2, -0.15) is 0 Å². The van der Waals surface area contributed by atoms with E-state index >= 15 is 0 Å². The highest BCUT2D eigenvalue weighted by Gasteiger charge is 2.27. The molecule has 0 aliphatic rings. The molecule has 0 aromatic carbocycles. The molecule has 0 aromatic rings. The summed E-state index contributed by atoms with van der Waals surface area (Å²) in [7, 11) is 1.45. The number of allylic oxidation sites excluding steroid dienone is 24. The molecule has 0 rings (SSSR count). The lowest BCUT2D eigenvalue weighted by atomic mass is 10.0. The lowest BCUT2D eigenvalue weighted by Gasteiger charge is -2.24. The SMILES string of the molecule is CC/C=C\C/C=C\C/C=C\C/C=C\C/C=C\C/C=C\CCCCCCCCCCCCCCC(=O)OC(COC(=O)CCCCCCCCCC/C=C\C/C=C\C/C=C\C/C=C\C/C=C\C/C=C\CC)COP(=O)(O)OCC[N+](C)(C)C. The molecule has 0 aromatic heterocycles. The minimum Gasteiger partial charge on any atom is -0.462 e. The maximum absolute atomic E-state index is 12.9. The molecule has 82 heavy (non-hydrogen) atoms. The van der Waals surface area contributed by atoms with Crippen molar-refractivity contribution in [1.82, 2.24) is 0 Å². The van der Waals surface area contributed by atoms with Gasteiger partial charge in [0, 0.05) is 12.8 Å². The van der Waals surface area contributed by atoms with Crippen molar-refractivity contribution in [3.63, 3.8) is 0 Å². The number of unbranched alkanes of at least 4 members (excludes halogenated alkanes) is 20. The first kappa shape index (κ1) is 77.9. The molecule has 10 heteroatoms. The van der Waals surface area contributed by atoms with Crippen molar-refractivity contribution in [3.05, 3.63) is 146 Å². The van der Waals surface area contributed by atoms with Gasteiger partial charge in [0.25, 0.3) is 0 Å². The van der Waals surface area contributed by atoms with E-state index < -0.39 is 26.5 Å². The first-order valence-electron chi connectivity index (χ1n) is 32.6. The number of esters is 2. The zero-order valence-electron chi connectivity index (χ0n) is 52.9. The van der Waals surface area contributed by atoms with Gasteiger partial charge in [0.1, 0.15) is 19.8 Å². The largest absolute Gasteiger partial charge is 0.472 e. The Hall–Kier alpha value is -4.11. The van der Waals surface area contributed by atoms with Gasteiger partial charge < -0.3 is 18.9 Å². The lowest BCUT2D eigenvalue weighted by molar-refractivity contribution is -0.870. The zero-order valence-corrected chi connectivity index (χ0v) is 53.8. The summed E-state index contributed by atoms with van der Waals surface area (Å²) in [5, 5.41) is 0. The Kier molecular flexibility index (Phi) is 58.4. The van der Waals surface area contributed by atoms with Gasteiger partial charge in [0.2, 0.25) is 0 Å². The third-order valence-electron chi connectivity index (χ3n) is 13.4. The first-order valence-corrected chi connectivity index (χ1v) is 34.1. The third kappa shape index (κ3) is 65.0. The summed E-state index contributed by atoms with van der Waals surface area (Å²) in [5.41, 5.74) is 0. The van der Waals surface area contributed by atoms with Gasteiger partial charge in [-0.1, -0.05) is 262 Å². The summed E-state index contributed by atoms with van der Waals surface area (Å²) < 4.78 is 34.7. The van der Waals surface area contributed by atoms with E-state index in [-0.39, 0.29) is 32.0 Å². The van der Waals surface area contributed by atoms with E-state index in [4.69, 9.17) is 18.5 Å². The van der Waals surface area contributed by atoms with Gasteiger partial charge in [-0.25, -0.2) is 4.57 Å². The molecular weight excluding hydrogens is 1040 g/mol. The summed E-state index contributed by atoms with van der Waals surface area (Å²) in [6.07, 6.45) is 90.6. The minimum absolute atomic E-state index is 0.0224. The fourth-order valence-corrected chi connectivity index (χ4v) is 9.18. The van der Waals surface area contributed by atoms with E-state index in [2.05, 4.69) is 160 Å². The molecule has 1 N–H and O–H groups in total. The molecule has 0 spiro atoms. The molecule has 0 aliphatic carbocycles. The topological polar surface area (TPSA) is 108 Å². The number of hydrogen-bond acceptors (Lipinski definition) is 7. The Morgan fingerprint density at radius 1 is 0.378 bits per heavy atom. The van der Waals surface area contributed by atoms with Crippen molar-refractivity contribution in [3.8, 4) is 0 Å². The van der Waals surface area contributed by atoms with Crippen molar-refractivity contribution in [2.24, 2.45) is 0 Å². The maximum atomic E-state index is 12.9. The quantitative estimate of drug-likeness (QED) is 0.0211. The summed E-state index contributed by atoms with van der Waals surface area (Å²) in [5.74, 6) is -0.816. The molecule has 9 nitrogen and oxygen atoms in total. The molecule has 0 bridgehead atoms. The number of likely N-dealkylation sites (N-methyl/N-ethyl adjacent to an activating group) is 1. The number of carbonyl (C=O) groups is 2. The van der Waals surface area contributed by atoms with Crippen LogP contribution in [-0.2, 0) is 32.7 Å². The number of quaternary nitrogens is 1. The van der Waals surface area contributed by atoms with Crippen LogP contribution in [0.4, 0.5) is 0 Å². The summed E-state index contributed by atoms with van der Waals surface area (Å²) in [6, 6.07) is 0. The molecule has 2 atom stereocenters. The average molecular weight is 1160 g/mol. The van der Waals surface area contributed by atoms with Crippen LogP contribution in [0.1, 0.15) is 245 Å². The molecule has 0 heterocycles. The molecule has 0 amide bonds. The average Bonchev–Trinajstić information content (AvgIpc) is 3.46. The van der Waals surface area contributed by atoms with Crippen molar-refractivity contribution in [2.75, 3.05) is 47.5 Å². The van der Waals surface area contributed by atoms with Crippen molar-refractivity contribution in [1.29, 1.82) is 0 Å². The lowest BCUT2D eigenvalue weighted by Crippen LogP contribution is -2.37. The number of nitrogens with zero attached hydrogens (tertiary/aromatic N) is 1. The third-order valence-corrected chi connectivity index (χ3v) is 14.3. The normalized spacial score (nSPS) is 14.2. The first-order chi connectivity index (χ1) is 40.0. The van der Waals surface area contributed by atoms with Crippen LogP contribution in [-0.4, -0.2) is 74.9 Å². The van der Waals surface area contributed by atoms with Crippen LogP contribution in [0.15, 0.2) is 146 Å². The van der Waals surface area contributed by atoms with Gasteiger partial charge in [0.15, 0.2) is 6.10 Å². The highest BCUT2D eigenvalue weighted by molar-refractivity contribution is 7.47. The van der Waals surface area contributed by atoms with Crippen LogP contribution >= 0.6 is 7.82 Å². The van der Waals surface area contributed by atoms with Crippen molar-refractivity contribution in [2.45, 2.75) is 251 Å². The summed E-state index contributed by atoms with van der Waals surface area (Å²) in [6.45, 7) is 4.19. The number of carbonyl (C=O) groups excluding carboxylic acids is 2. The molecule has 0 radical (unpaired) electrons. The molecule has 2 unspecified atom stereocenters. The van der Waals surface area contributed by atoms with Gasteiger partial charge >= 0.3 is 19.8 Å². The Balaban J connectivity index is 4.16. The smallest absolute Gasteiger partial charge is 0.462 e. The summed E-state index contributed by atoms with van der Waals surface area (Å²) in [4.78, 5) is 35.8. The van der Waals surface area contributed by atoms with Crippen LogP contribution in [0, 0.1) is 0 Å². The number of phosphoric ester groups is 1. The van der Waals surface area contributed by atoms with Crippen LogP contribution in [0.25, 0.3) is 0 Å². The standard InChI is InChI=1S/C72H120NO8P/c1-6-8-10-12-14-16-18-20-22-24-26-28-30-32-34-35-36-37-39-41-43-45-47-49-51-53-55-57-59-61-63-65-72(75)81-70(69-80-82(76,77)79-67-66-73(3,4)5)68-78-71(74)64-62-60-58-56-54-52-50-48-46-44-42-40-38-33-31-29-27-25-23-21-19-17-15-13-11-9-7-2/h8-11,14-17,20-23,26-29,32-34,36-38,42,44,70H,6-7,12-13,18-19,24-25,30-31,35,39-41,43,45-69H2,1-5H3/p+1/b10-8-,11-9-,16-14-,17-15-,22-20-,23-21-,28-26-,29-27-,34-32-,37-36-,38-33-,44-42-. The fourth-order valence-electron chi connectivity index (χ4n) is 8.43. The fraction of sp³-hybridized carbons (Fsp3) is 0.639. The van der Waals surface area contributed by atoms with Crippen molar-refractivity contribution < 1.29 is 42.1 Å². The Bertz CT molecular complexity index is 1890. The number of phosphoric acid groups is 1. The van der Waals surface area contributed by atoms with Crippen molar-refractivity contribution >= 4 is 19.8 Å². The van der Waals surface area contributed by atoms with E-state index in [1.54, 1.807) is 0 Å². The number of hydrogen-bond donors (Lipinski definition) is 1. The maximum Gasteiger partial charge on any atom is 0.472 e. The second kappa shape index (κ2) is 61.5. The van der Waals surface area contributed by atoms with Crippen LogP contribution in [0.5, 0.6) is 0 Å². The summed E-state index contributed by atoms with van der Waals surface area (Å²) >= 11 is 0.